The molecule has 1 saturated heterocycles. The molecule has 0 spiro atoms. The van der Waals surface area contributed by atoms with E-state index in [1.54, 1.807) is 36.4 Å². The van der Waals surface area contributed by atoms with Crippen LogP contribution in [0.25, 0.3) is 10.9 Å². The van der Waals surface area contributed by atoms with E-state index in [0.717, 1.165) is 12.8 Å². The van der Waals surface area contributed by atoms with Crippen LogP contribution in [0.3, 0.4) is 0 Å². The molecule has 0 bridgehead atoms. The molecule has 7 nitrogen and oxygen atoms in total. The number of carbonyl (C=O) groups excluding carboxylic acids is 1. The van der Waals surface area contributed by atoms with Crippen LogP contribution in [0.2, 0.25) is 5.02 Å². The molecular formula is C20H19ClN4O3. The number of ether oxygens (including phenoxy) is 1. The van der Waals surface area contributed by atoms with E-state index in [0.29, 0.717) is 40.6 Å². The fourth-order valence-electron chi connectivity index (χ4n) is 3.28. The molecule has 0 saturated carbocycles. The second kappa shape index (κ2) is 8.00. The van der Waals surface area contributed by atoms with E-state index in [4.69, 9.17) is 16.3 Å². The lowest BCUT2D eigenvalue weighted by atomic mass is 10.2. The van der Waals surface area contributed by atoms with Crippen LogP contribution in [0.5, 0.6) is 0 Å². The summed E-state index contributed by atoms with van der Waals surface area (Å²) in [6.07, 6.45) is 1.76. The molecule has 4 rings (SSSR count). The molecule has 3 aromatic rings. The molecule has 8 heteroatoms. The van der Waals surface area contributed by atoms with Gasteiger partial charge in [-0.05, 0) is 49.2 Å². The summed E-state index contributed by atoms with van der Waals surface area (Å²) < 4.78 is 7.13. The van der Waals surface area contributed by atoms with Gasteiger partial charge in [0, 0.05) is 22.7 Å². The first kappa shape index (κ1) is 18.5. The number of aromatic nitrogens is 2. The van der Waals surface area contributed by atoms with Gasteiger partial charge < -0.3 is 10.1 Å². The molecule has 28 heavy (non-hydrogen) atoms. The highest BCUT2D eigenvalue weighted by molar-refractivity contribution is 6.30. The van der Waals surface area contributed by atoms with E-state index in [2.05, 4.69) is 15.6 Å². The minimum Gasteiger partial charge on any atom is -0.376 e. The van der Waals surface area contributed by atoms with Gasteiger partial charge in [-0.3, -0.25) is 9.88 Å². The molecule has 1 aliphatic heterocycles. The third-order valence-electron chi connectivity index (χ3n) is 4.62. The molecule has 0 unspecified atom stereocenters. The van der Waals surface area contributed by atoms with Crippen molar-refractivity contribution in [3.05, 3.63) is 64.0 Å². The zero-order valence-corrected chi connectivity index (χ0v) is 15.8. The van der Waals surface area contributed by atoms with Crippen LogP contribution in [0.15, 0.2) is 53.3 Å². The number of amides is 2. The monoisotopic (exact) mass is 398 g/mol. The number of hydrogen-bond acceptors (Lipinski definition) is 4. The smallest absolute Gasteiger partial charge is 0.349 e. The molecule has 1 aromatic heterocycles. The predicted octanol–water partition coefficient (Wildman–Crippen LogP) is 3.87. The Morgan fingerprint density at radius 3 is 2.71 bits per heavy atom. The van der Waals surface area contributed by atoms with Crippen LogP contribution in [-0.2, 0) is 11.3 Å². The molecule has 2 heterocycles. The Hall–Kier alpha value is -2.90. The Labute approximate surface area is 166 Å². The number of urea groups is 1. The first-order valence-electron chi connectivity index (χ1n) is 9.05. The van der Waals surface area contributed by atoms with Crippen LogP contribution < -0.4 is 16.3 Å². The largest absolute Gasteiger partial charge is 0.376 e. The van der Waals surface area contributed by atoms with E-state index in [-0.39, 0.29) is 6.10 Å². The molecule has 0 aliphatic carbocycles. The lowest BCUT2D eigenvalue weighted by molar-refractivity contribution is 0.0964. The van der Waals surface area contributed by atoms with Gasteiger partial charge in [-0.15, -0.1) is 0 Å². The van der Waals surface area contributed by atoms with Gasteiger partial charge in [0.15, 0.2) is 0 Å². The lowest BCUT2D eigenvalue weighted by Gasteiger charge is -2.18. The number of benzene rings is 2. The Kier molecular flexibility index (Phi) is 5.27. The highest BCUT2D eigenvalue weighted by Crippen LogP contribution is 2.23. The Morgan fingerprint density at radius 1 is 1.18 bits per heavy atom. The van der Waals surface area contributed by atoms with Crippen LogP contribution in [0.4, 0.5) is 16.3 Å². The third kappa shape index (κ3) is 4.00. The number of nitrogens with one attached hydrogen (secondary N) is 2. The summed E-state index contributed by atoms with van der Waals surface area (Å²) >= 11 is 5.88. The number of para-hydroxylation sites is 1. The van der Waals surface area contributed by atoms with Crippen LogP contribution in [-0.4, -0.2) is 28.3 Å². The minimum absolute atomic E-state index is 0.0689. The number of fused-ring (bicyclic) bond motifs is 1. The van der Waals surface area contributed by atoms with Crippen molar-refractivity contribution in [3.63, 3.8) is 0 Å². The minimum atomic E-state index is -0.459. The maximum absolute atomic E-state index is 12.6. The van der Waals surface area contributed by atoms with E-state index < -0.39 is 11.7 Å². The Morgan fingerprint density at radius 2 is 1.96 bits per heavy atom. The standard InChI is InChI=1S/C20H19ClN4O3/c21-13-7-9-14(10-8-13)22-19(26)24-18-16-5-1-2-6-17(16)23-20(27)25(18)12-15-4-3-11-28-15/h1-2,5-10,15H,3-4,11-12H2,(H2,22,24,26)/t15-/m0/s1. The van der Waals surface area contributed by atoms with Crippen molar-refractivity contribution < 1.29 is 9.53 Å². The number of rotatable bonds is 4. The topological polar surface area (TPSA) is 85.3 Å². The molecule has 2 N–H and O–H groups in total. The van der Waals surface area contributed by atoms with Crippen molar-refractivity contribution in [2.45, 2.75) is 25.5 Å². The number of carbonyl (C=O) groups is 1. The van der Waals surface area contributed by atoms with Gasteiger partial charge in [0.2, 0.25) is 0 Å². The van der Waals surface area contributed by atoms with Crippen molar-refractivity contribution >= 4 is 40.0 Å². The summed E-state index contributed by atoms with van der Waals surface area (Å²) in [5, 5.41) is 6.83. The van der Waals surface area contributed by atoms with Gasteiger partial charge in [0.1, 0.15) is 5.82 Å². The maximum Gasteiger partial charge on any atom is 0.349 e. The molecule has 1 fully saturated rings. The van der Waals surface area contributed by atoms with Gasteiger partial charge in [0.25, 0.3) is 0 Å². The van der Waals surface area contributed by atoms with Crippen molar-refractivity contribution in [3.8, 4) is 0 Å². The lowest BCUT2D eigenvalue weighted by Crippen LogP contribution is -2.33. The second-order valence-corrected chi connectivity index (χ2v) is 7.03. The van der Waals surface area contributed by atoms with Crippen molar-refractivity contribution in [1.29, 1.82) is 0 Å². The second-order valence-electron chi connectivity index (χ2n) is 6.59. The first-order valence-corrected chi connectivity index (χ1v) is 9.43. The van der Waals surface area contributed by atoms with Gasteiger partial charge in [-0.2, -0.15) is 4.98 Å². The predicted molar refractivity (Wildman–Crippen MR) is 109 cm³/mol. The van der Waals surface area contributed by atoms with Crippen LogP contribution >= 0.6 is 11.6 Å². The van der Waals surface area contributed by atoms with Gasteiger partial charge in [-0.25, -0.2) is 9.59 Å². The Bertz CT molecular complexity index is 1060. The molecule has 1 atom stereocenters. The molecule has 2 aromatic carbocycles. The molecule has 2 amide bonds. The molecule has 0 radical (unpaired) electrons. The van der Waals surface area contributed by atoms with Gasteiger partial charge in [-0.1, -0.05) is 23.7 Å². The Balaban J connectivity index is 1.67. The molecule has 144 valence electrons. The van der Waals surface area contributed by atoms with E-state index >= 15 is 0 Å². The van der Waals surface area contributed by atoms with Gasteiger partial charge >= 0.3 is 11.7 Å². The summed E-state index contributed by atoms with van der Waals surface area (Å²) in [5.41, 5.74) is 0.696. The van der Waals surface area contributed by atoms with Crippen molar-refractivity contribution in [2.75, 3.05) is 17.2 Å². The van der Waals surface area contributed by atoms with Crippen LogP contribution in [0.1, 0.15) is 12.8 Å². The number of halogens is 1. The van der Waals surface area contributed by atoms with E-state index in [1.165, 1.54) is 4.57 Å². The number of hydrogen-bond donors (Lipinski definition) is 2. The summed E-state index contributed by atoms with van der Waals surface area (Å²) in [6.45, 7) is 1.02. The van der Waals surface area contributed by atoms with E-state index in [9.17, 15) is 9.59 Å². The van der Waals surface area contributed by atoms with Crippen molar-refractivity contribution in [1.82, 2.24) is 9.55 Å². The fraction of sp³-hybridized carbons (Fsp3) is 0.250. The third-order valence-corrected chi connectivity index (χ3v) is 4.87. The summed E-state index contributed by atoms with van der Waals surface area (Å²) in [5.74, 6) is 0.401. The molecule has 1 aliphatic rings. The SMILES string of the molecule is O=C(Nc1ccc(Cl)cc1)Nc1c2ccccc2nc(=O)n1C[C@@H]1CCCO1. The normalized spacial score (nSPS) is 16.2. The van der Waals surface area contributed by atoms with E-state index in [1.807, 2.05) is 12.1 Å². The van der Waals surface area contributed by atoms with Crippen LogP contribution in [0, 0.1) is 0 Å². The van der Waals surface area contributed by atoms with Gasteiger partial charge in [0.05, 0.1) is 18.2 Å². The average molecular weight is 399 g/mol. The molecular weight excluding hydrogens is 380 g/mol. The maximum atomic E-state index is 12.6. The number of nitrogens with zero attached hydrogens (tertiary/aromatic N) is 2. The highest BCUT2D eigenvalue weighted by atomic mass is 35.5. The van der Waals surface area contributed by atoms with Crippen molar-refractivity contribution in [2.24, 2.45) is 0 Å². The first-order chi connectivity index (χ1) is 13.6. The number of anilines is 2. The average Bonchev–Trinajstić information content (AvgIpc) is 3.19. The summed E-state index contributed by atoms with van der Waals surface area (Å²) in [6, 6.07) is 13.5. The highest BCUT2D eigenvalue weighted by Gasteiger charge is 2.21. The zero-order chi connectivity index (χ0) is 19.5. The quantitative estimate of drug-likeness (QED) is 0.698. The summed E-state index contributed by atoms with van der Waals surface area (Å²) in [7, 11) is 0. The zero-order valence-electron chi connectivity index (χ0n) is 15.0. The summed E-state index contributed by atoms with van der Waals surface area (Å²) in [4.78, 5) is 29.4. The fourth-order valence-corrected chi connectivity index (χ4v) is 3.40.